The van der Waals surface area contributed by atoms with Gasteiger partial charge in [0.15, 0.2) is 0 Å². The Morgan fingerprint density at radius 1 is 0.477 bits per heavy atom. The molecule has 0 radical (unpaired) electrons. The molecule has 0 aliphatic rings. The van der Waals surface area contributed by atoms with E-state index in [-0.39, 0.29) is 5.75 Å². The number of pyridine rings is 2. The van der Waals surface area contributed by atoms with Gasteiger partial charge in [0.05, 0.1) is 16.9 Å². The van der Waals surface area contributed by atoms with Crippen molar-refractivity contribution in [1.82, 2.24) is 14.5 Å². The SMILES string of the molecule is Oc1ccccc1-c1cc(-c2ccccc2)cc(-c2cc(-c3ccccc3)cc(-n3c4ccccc4c4cccnc43)c2)n1. The molecule has 3 heterocycles. The molecule has 1 N–H and O–H groups in total. The molecule has 0 saturated carbocycles. The first-order valence-electron chi connectivity index (χ1n) is 14.6. The summed E-state index contributed by atoms with van der Waals surface area (Å²) >= 11 is 0. The van der Waals surface area contributed by atoms with Crippen molar-refractivity contribution < 1.29 is 5.11 Å². The van der Waals surface area contributed by atoms with E-state index in [1.807, 2.05) is 60.8 Å². The highest BCUT2D eigenvalue weighted by molar-refractivity contribution is 6.08. The standard InChI is InChI=1S/C40H27N3O/c44-39-20-10-8-17-35(39)37-26-30(28-14-5-2-6-15-28)25-36(42-37)31-22-29(27-12-3-1-4-13-27)23-32(24-31)43-38-19-9-7-16-33(38)34-18-11-21-41-40(34)43/h1-26,44H. The van der Waals surface area contributed by atoms with Gasteiger partial charge in [0.2, 0.25) is 0 Å². The Labute approximate surface area is 255 Å². The average molecular weight is 566 g/mol. The van der Waals surface area contributed by atoms with Gasteiger partial charge in [-0.2, -0.15) is 0 Å². The van der Waals surface area contributed by atoms with Gasteiger partial charge in [-0.15, -0.1) is 0 Å². The summed E-state index contributed by atoms with van der Waals surface area (Å²) in [6.07, 6.45) is 1.85. The maximum absolute atomic E-state index is 10.8. The minimum atomic E-state index is 0.200. The van der Waals surface area contributed by atoms with Crippen molar-refractivity contribution in [3.8, 4) is 56.2 Å². The third-order valence-corrected chi connectivity index (χ3v) is 8.12. The van der Waals surface area contributed by atoms with Crippen molar-refractivity contribution >= 4 is 21.9 Å². The number of rotatable bonds is 5. The van der Waals surface area contributed by atoms with Crippen molar-refractivity contribution in [1.29, 1.82) is 0 Å². The van der Waals surface area contributed by atoms with Gasteiger partial charge in [-0.1, -0.05) is 91.0 Å². The molecule has 8 rings (SSSR count). The molecule has 208 valence electrons. The summed E-state index contributed by atoms with van der Waals surface area (Å²) in [5.41, 5.74) is 10.5. The second-order valence-corrected chi connectivity index (χ2v) is 10.9. The van der Waals surface area contributed by atoms with Crippen LogP contribution in [-0.2, 0) is 0 Å². The lowest BCUT2D eigenvalue weighted by molar-refractivity contribution is 0.477. The second kappa shape index (κ2) is 10.7. The summed E-state index contributed by atoms with van der Waals surface area (Å²) < 4.78 is 2.24. The fourth-order valence-electron chi connectivity index (χ4n) is 6.05. The van der Waals surface area contributed by atoms with E-state index in [1.54, 1.807) is 6.07 Å². The number of aromatic hydroxyl groups is 1. The highest BCUT2D eigenvalue weighted by Crippen LogP contribution is 2.38. The van der Waals surface area contributed by atoms with E-state index in [0.717, 1.165) is 61.1 Å². The third-order valence-electron chi connectivity index (χ3n) is 8.12. The first-order chi connectivity index (χ1) is 21.7. The lowest BCUT2D eigenvalue weighted by atomic mass is 9.97. The summed E-state index contributed by atoms with van der Waals surface area (Å²) in [6.45, 7) is 0. The topological polar surface area (TPSA) is 50.9 Å². The Kier molecular flexibility index (Phi) is 6.24. The molecule has 0 spiro atoms. The maximum Gasteiger partial charge on any atom is 0.145 e. The van der Waals surface area contributed by atoms with Crippen LogP contribution in [0, 0.1) is 0 Å². The van der Waals surface area contributed by atoms with E-state index < -0.39 is 0 Å². The summed E-state index contributed by atoms with van der Waals surface area (Å²) in [7, 11) is 0. The lowest BCUT2D eigenvalue weighted by Crippen LogP contribution is -1.98. The van der Waals surface area contributed by atoms with Crippen LogP contribution in [0.2, 0.25) is 0 Å². The van der Waals surface area contributed by atoms with E-state index in [1.165, 1.54) is 0 Å². The number of phenolic OH excluding ortho intramolecular Hbond substituents is 1. The minimum absolute atomic E-state index is 0.200. The summed E-state index contributed by atoms with van der Waals surface area (Å²) in [6, 6.07) is 51.5. The van der Waals surface area contributed by atoms with Gasteiger partial charge in [-0.25, -0.2) is 9.97 Å². The summed E-state index contributed by atoms with van der Waals surface area (Å²) in [5, 5.41) is 13.1. The Balaban J connectivity index is 1.42. The molecule has 44 heavy (non-hydrogen) atoms. The zero-order valence-electron chi connectivity index (χ0n) is 23.8. The molecular weight excluding hydrogens is 538 g/mol. The van der Waals surface area contributed by atoms with E-state index in [2.05, 4.69) is 95.6 Å². The molecule has 4 heteroatoms. The highest BCUT2D eigenvalue weighted by atomic mass is 16.3. The number of hydrogen-bond acceptors (Lipinski definition) is 3. The monoisotopic (exact) mass is 565 g/mol. The second-order valence-electron chi connectivity index (χ2n) is 10.9. The smallest absolute Gasteiger partial charge is 0.145 e. The third kappa shape index (κ3) is 4.50. The molecular formula is C40H27N3O. The van der Waals surface area contributed by atoms with Gasteiger partial charge in [0, 0.05) is 33.8 Å². The van der Waals surface area contributed by atoms with Crippen molar-refractivity contribution in [2.75, 3.05) is 0 Å². The number of hydrogen-bond donors (Lipinski definition) is 1. The molecule has 4 nitrogen and oxygen atoms in total. The van der Waals surface area contributed by atoms with Crippen LogP contribution in [0.1, 0.15) is 0 Å². The van der Waals surface area contributed by atoms with Gasteiger partial charge < -0.3 is 5.11 Å². The van der Waals surface area contributed by atoms with Gasteiger partial charge in [-0.3, -0.25) is 4.57 Å². The molecule has 8 aromatic rings. The van der Waals surface area contributed by atoms with Crippen LogP contribution in [-0.4, -0.2) is 19.6 Å². The Hall–Kier alpha value is -6.00. The molecule has 0 aliphatic carbocycles. The molecule has 0 atom stereocenters. The number of nitrogens with zero attached hydrogens (tertiary/aromatic N) is 3. The van der Waals surface area contributed by atoms with Crippen molar-refractivity contribution in [2.24, 2.45) is 0 Å². The first-order valence-corrected chi connectivity index (χ1v) is 14.6. The summed E-state index contributed by atoms with van der Waals surface area (Å²) in [5.74, 6) is 0.200. The predicted octanol–water partition coefficient (Wildman–Crippen LogP) is 9.95. The van der Waals surface area contributed by atoms with Crippen LogP contribution in [0.5, 0.6) is 5.75 Å². The average Bonchev–Trinajstić information content (AvgIpc) is 3.43. The fourth-order valence-corrected chi connectivity index (χ4v) is 6.05. The van der Waals surface area contributed by atoms with E-state index in [4.69, 9.17) is 9.97 Å². The van der Waals surface area contributed by atoms with Crippen LogP contribution in [0.3, 0.4) is 0 Å². The van der Waals surface area contributed by atoms with Gasteiger partial charge in [0.1, 0.15) is 11.4 Å². The number of phenols is 1. The quantitative estimate of drug-likeness (QED) is 0.226. The van der Waals surface area contributed by atoms with Gasteiger partial charge >= 0.3 is 0 Å². The summed E-state index contributed by atoms with van der Waals surface area (Å²) in [4.78, 5) is 9.99. The van der Waals surface area contributed by atoms with Crippen molar-refractivity contribution in [3.63, 3.8) is 0 Å². The number of benzene rings is 5. The molecule has 0 aliphatic heterocycles. The predicted molar refractivity (Wildman–Crippen MR) is 180 cm³/mol. The van der Waals surface area contributed by atoms with Gasteiger partial charge in [0.25, 0.3) is 0 Å². The van der Waals surface area contributed by atoms with Crippen LogP contribution in [0.15, 0.2) is 158 Å². The Morgan fingerprint density at radius 3 is 1.86 bits per heavy atom. The number of aromatic nitrogens is 3. The molecule has 5 aromatic carbocycles. The number of para-hydroxylation sites is 2. The van der Waals surface area contributed by atoms with E-state index in [0.29, 0.717) is 11.3 Å². The molecule has 0 unspecified atom stereocenters. The first kappa shape index (κ1) is 25.7. The minimum Gasteiger partial charge on any atom is -0.507 e. The van der Waals surface area contributed by atoms with Crippen LogP contribution < -0.4 is 0 Å². The van der Waals surface area contributed by atoms with E-state index >= 15 is 0 Å². The van der Waals surface area contributed by atoms with Crippen LogP contribution in [0.4, 0.5) is 0 Å². The van der Waals surface area contributed by atoms with Crippen LogP contribution >= 0.6 is 0 Å². The zero-order valence-corrected chi connectivity index (χ0v) is 23.8. The van der Waals surface area contributed by atoms with Gasteiger partial charge in [-0.05, 0) is 82.9 Å². The fraction of sp³-hybridized carbons (Fsp3) is 0. The largest absolute Gasteiger partial charge is 0.507 e. The van der Waals surface area contributed by atoms with E-state index in [9.17, 15) is 5.11 Å². The molecule has 0 fully saturated rings. The highest BCUT2D eigenvalue weighted by Gasteiger charge is 2.17. The molecule has 3 aromatic heterocycles. The van der Waals surface area contributed by atoms with Crippen molar-refractivity contribution in [2.45, 2.75) is 0 Å². The number of fused-ring (bicyclic) bond motifs is 3. The Morgan fingerprint density at radius 2 is 1.09 bits per heavy atom. The van der Waals surface area contributed by atoms with Crippen molar-refractivity contribution in [3.05, 3.63) is 158 Å². The molecule has 0 amide bonds. The Bertz CT molecular complexity index is 2240. The molecule has 0 bridgehead atoms. The normalized spacial score (nSPS) is 11.3. The lowest BCUT2D eigenvalue weighted by Gasteiger charge is -2.15. The van der Waals surface area contributed by atoms with Crippen LogP contribution in [0.25, 0.3) is 72.4 Å². The maximum atomic E-state index is 10.8. The molecule has 0 saturated heterocycles. The zero-order chi connectivity index (χ0) is 29.5.